The Labute approximate surface area is 107 Å². The molecule has 0 aromatic heterocycles. The molecule has 1 heterocycles. The van der Waals surface area contributed by atoms with Gasteiger partial charge in [0.2, 0.25) is 6.29 Å². The minimum atomic E-state index is -0.788. The van der Waals surface area contributed by atoms with Gasteiger partial charge < -0.3 is 4.84 Å². The van der Waals surface area contributed by atoms with Crippen molar-refractivity contribution in [3.63, 3.8) is 0 Å². The van der Waals surface area contributed by atoms with Crippen LogP contribution >= 0.6 is 23.2 Å². The number of hydrogen-bond acceptors (Lipinski definition) is 5. The van der Waals surface area contributed by atoms with Crippen molar-refractivity contribution in [2.24, 2.45) is 10.7 Å². The van der Waals surface area contributed by atoms with Gasteiger partial charge in [-0.3, -0.25) is 10.5 Å². The predicted molar refractivity (Wildman–Crippen MR) is 63.3 cm³/mol. The first kappa shape index (κ1) is 12.2. The van der Waals surface area contributed by atoms with Crippen LogP contribution in [0.25, 0.3) is 6.20 Å². The van der Waals surface area contributed by atoms with Gasteiger partial charge in [0, 0.05) is 12.1 Å². The van der Waals surface area contributed by atoms with Crippen LogP contribution in [0.1, 0.15) is 6.92 Å². The van der Waals surface area contributed by atoms with Crippen molar-refractivity contribution in [1.82, 2.24) is 5.06 Å². The number of rotatable bonds is 1. The van der Waals surface area contributed by atoms with E-state index in [4.69, 9.17) is 33.8 Å². The maximum absolute atomic E-state index is 10.9. The van der Waals surface area contributed by atoms with Crippen LogP contribution in [-0.4, -0.2) is 17.3 Å². The van der Waals surface area contributed by atoms with Crippen LogP contribution in [0.15, 0.2) is 17.1 Å². The van der Waals surface area contributed by atoms with E-state index in [0.717, 1.165) is 5.06 Å². The lowest BCUT2D eigenvalue weighted by Gasteiger charge is -2.24. The molecule has 5 nitrogen and oxygen atoms in total. The molecule has 17 heavy (non-hydrogen) atoms. The average Bonchev–Trinajstić information content (AvgIpc) is 2.25. The fourth-order valence-electron chi connectivity index (χ4n) is 1.42. The molecule has 2 rings (SSSR count). The van der Waals surface area contributed by atoms with Gasteiger partial charge in [0.05, 0.1) is 21.6 Å². The van der Waals surface area contributed by atoms with Gasteiger partial charge in [0.25, 0.3) is 0 Å². The number of fused-ring (bicyclic) bond motifs is 1. The third-order valence-electron chi connectivity index (χ3n) is 2.13. The third kappa shape index (κ3) is 2.36. The van der Waals surface area contributed by atoms with Crippen LogP contribution in [0.5, 0.6) is 0 Å². The van der Waals surface area contributed by atoms with Crippen LogP contribution in [0, 0.1) is 0 Å². The van der Waals surface area contributed by atoms with Crippen molar-refractivity contribution in [1.29, 1.82) is 0 Å². The number of nitrogens with zero attached hydrogens (tertiary/aromatic N) is 2. The topological polar surface area (TPSA) is 67.9 Å². The van der Waals surface area contributed by atoms with E-state index < -0.39 is 12.3 Å². The highest BCUT2D eigenvalue weighted by Gasteiger charge is 2.17. The third-order valence-corrected chi connectivity index (χ3v) is 2.95. The fourth-order valence-corrected chi connectivity index (χ4v) is 1.80. The summed E-state index contributed by atoms with van der Waals surface area (Å²) in [5.74, 6) is -0.492. The molecule has 0 amide bonds. The van der Waals surface area contributed by atoms with Gasteiger partial charge in [-0.15, -0.1) is 0 Å². The van der Waals surface area contributed by atoms with Crippen molar-refractivity contribution < 1.29 is 9.63 Å². The highest BCUT2D eigenvalue weighted by atomic mass is 35.5. The molecule has 1 aliphatic rings. The van der Waals surface area contributed by atoms with Crippen molar-refractivity contribution in [3.8, 4) is 0 Å². The standard InChI is InChI=1S/C10H9Cl2N3O2/c1-5(16)17-15-4-6-8(14-10(15)13)3-2-7(11)9(6)12/h2-4,10H,13H2,1H3. The van der Waals surface area contributed by atoms with E-state index >= 15 is 0 Å². The summed E-state index contributed by atoms with van der Waals surface area (Å²) in [6.07, 6.45) is 0.714. The summed E-state index contributed by atoms with van der Waals surface area (Å²) in [4.78, 5) is 19.9. The van der Waals surface area contributed by atoms with Crippen molar-refractivity contribution in [2.75, 3.05) is 0 Å². The minimum absolute atomic E-state index is 0.344. The summed E-state index contributed by atoms with van der Waals surface area (Å²) in [6, 6.07) is 3.33. The maximum Gasteiger partial charge on any atom is 0.329 e. The molecule has 1 atom stereocenters. The fraction of sp³-hybridized carbons (Fsp3) is 0.200. The first-order valence-electron chi connectivity index (χ1n) is 4.75. The minimum Gasteiger partial charge on any atom is -0.338 e. The van der Waals surface area contributed by atoms with Gasteiger partial charge >= 0.3 is 5.97 Å². The molecule has 0 fully saturated rings. The van der Waals surface area contributed by atoms with E-state index in [1.807, 2.05) is 0 Å². The summed E-state index contributed by atoms with van der Waals surface area (Å²) < 4.78 is 0. The van der Waals surface area contributed by atoms with Gasteiger partial charge in [0.1, 0.15) is 0 Å². The zero-order valence-corrected chi connectivity index (χ0v) is 10.4. The zero-order valence-electron chi connectivity index (χ0n) is 8.85. The molecular weight excluding hydrogens is 265 g/mol. The lowest BCUT2D eigenvalue weighted by molar-refractivity contribution is -0.178. The summed E-state index contributed by atoms with van der Waals surface area (Å²) in [7, 11) is 0. The highest BCUT2D eigenvalue weighted by Crippen LogP contribution is 2.16. The lowest BCUT2D eigenvalue weighted by Crippen LogP contribution is -2.47. The first-order valence-corrected chi connectivity index (χ1v) is 5.51. The van der Waals surface area contributed by atoms with Crippen molar-refractivity contribution >= 4 is 35.4 Å². The molecule has 0 saturated carbocycles. The van der Waals surface area contributed by atoms with E-state index in [0.29, 0.717) is 20.6 Å². The first-order chi connectivity index (χ1) is 7.99. The summed E-state index contributed by atoms with van der Waals surface area (Å²) in [6.45, 7) is 1.27. The maximum atomic E-state index is 10.9. The predicted octanol–water partition coefficient (Wildman–Crippen LogP) is 0.387. The largest absolute Gasteiger partial charge is 0.338 e. The van der Waals surface area contributed by atoms with Gasteiger partial charge in [-0.2, -0.15) is 5.06 Å². The molecule has 7 heteroatoms. The second kappa shape index (κ2) is 4.52. The number of carbonyl (C=O) groups excluding carboxylic acids is 1. The van der Waals surface area contributed by atoms with Crippen LogP contribution in [0.4, 0.5) is 0 Å². The molecule has 1 aromatic carbocycles. The molecule has 1 aliphatic heterocycles. The Kier molecular flexibility index (Phi) is 3.24. The normalized spacial score (nSPS) is 17.9. The molecule has 0 aliphatic carbocycles. The Hall–Kier alpha value is -1.30. The Morgan fingerprint density at radius 1 is 1.53 bits per heavy atom. The van der Waals surface area contributed by atoms with Gasteiger partial charge in [-0.25, -0.2) is 4.99 Å². The molecule has 1 unspecified atom stereocenters. The van der Waals surface area contributed by atoms with Crippen molar-refractivity contribution in [2.45, 2.75) is 13.2 Å². The Bertz CT molecular complexity index is 588. The van der Waals surface area contributed by atoms with Gasteiger partial charge in [-0.05, 0) is 12.1 Å². The average molecular weight is 274 g/mol. The SMILES string of the molecule is CC(=O)ON1C=c2c(Cl)c(Cl)ccc2=NC1N. The van der Waals surface area contributed by atoms with Crippen LogP contribution in [0.2, 0.25) is 10.0 Å². The second-order valence-corrected chi connectivity index (χ2v) is 4.19. The molecule has 0 radical (unpaired) electrons. The molecule has 0 saturated heterocycles. The van der Waals surface area contributed by atoms with Crippen LogP contribution in [0.3, 0.4) is 0 Å². The smallest absolute Gasteiger partial charge is 0.329 e. The Morgan fingerprint density at radius 2 is 2.24 bits per heavy atom. The monoisotopic (exact) mass is 273 g/mol. The van der Waals surface area contributed by atoms with E-state index in [-0.39, 0.29) is 0 Å². The number of hydroxylamine groups is 2. The number of benzene rings is 1. The zero-order chi connectivity index (χ0) is 12.6. The van der Waals surface area contributed by atoms with Gasteiger partial charge in [-0.1, -0.05) is 23.2 Å². The number of nitrogens with two attached hydrogens (primary N) is 1. The number of hydrogen-bond donors (Lipinski definition) is 1. The van der Waals surface area contributed by atoms with Crippen LogP contribution < -0.4 is 16.3 Å². The molecule has 0 spiro atoms. The number of carbonyl (C=O) groups is 1. The van der Waals surface area contributed by atoms with Crippen molar-refractivity contribution in [3.05, 3.63) is 32.8 Å². The molecule has 0 bridgehead atoms. The summed E-state index contributed by atoms with van der Waals surface area (Å²) in [5, 5.41) is 3.05. The summed E-state index contributed by atoms with van der Waals surface area (Å²) >= 11 is 11.9. The van der Waals surface area contributed by atoms with E-state index in [9.17, 15) is 4.79 Å². The number of halogens is 2. The molecule has 2 N–H and O–H groups in total. The molecule has 1 aromatic rings. The van der Waals surface area contributed by atoms with E-state index in [1.165, 1.54) is 13.1 Å². The Balaban J connectivity index is 2.57. The molecule has 90 valence electrons. The summed E-state index contributed by atoms with van der Waals surface area (Å²) in [5.41, 5.74) is 5.70. The Morgan fingerprint density at radius 3 is 2.88 bits per heavy atom. The lowest BCUT2D eigenvalue weighted by atomic mass is 10.2. The van der Waals surface area contributed by atoms with E-state index in [2.05, 4.69) is 4.99 Å². The van der Waals surface area contributed by atoms with Gasteiger partial charge in [0.15, 0.2) is 0 Å². The van der Waals surface area contributed by atoms with Crippen LogP contribution in [-0.2, 0) is 9.63 Å². The quantitative estimate of drug-likeness (QED) is 0.804. The second-order valence-electron chi connectivity index (χ2n) is 3.41. The molecular formula is C10H9Cl2N3O2. The van der Waals surface area contributed by atoms with E-state index in [1.54, 1.807) is 12.1 Å². The highest BCUT2D eigenvalue weighted by molar-refractivity contribution is 6.42.